The quantitative estimate of drug-likeness (QED) is 0.316. The number of fused-ring (bicyclic) bond motifs is 1. The second-order valence-electron chi connectivity index (χ2n) is 8.69. The van der Waals surface area contributed by atoms with E-state index in [1.165, 1.54) is 6.07 Å². The maximum absolute atomic E-state index is 13.4. The number of nitrogens with one attached hydrogen (secondary N) is 3. The van der Waals surface area contributed by atoms with Gasteiger partial charge in [0.25, 0.3) is 0 Å². The minimum atomic E-state index is -4.57. The molecule has 2 amide bonds. The predicted octanol–water partition coefficient (Wildman–Crippen LogP) is 6.43. The van der Waals surface area contributed by atoms with Gasteiger partial charge in [-0.2, -0.15) is 13.2 Å². The minimum Gasteiger partial charge on any atom is -0.382 e. The smallest absolute Gasteiger partial charge is 0.382 e. The van der Waals surface area contributed by atoms with Crippen molar-refractivity contribution in [3.8, 4) is 0 Å². The van der Waals surface area contributed by atoms with Gasteiger partial charge in [0.2, 0.25) is 11.8 Å². The summed E-state index contributed by atoms with van der Waals surface area (Å²) in [4.78, 5) is 28.5. The molecule has 1 saturated carbocycles. The SMILES string of the molecule is O=C(CC(=O)N[C@@H]1CCC[C@H](Nc2cc(C(F)(F)F)nc3ccccc23)C1)Nc1cc(Cl)ccc1Cl. The first-order chi connectivity index (χ1) is 17.1. The lowest BCUT2D eigenvalue weighted by molar-refractivity contribution is -0.141. The Morgan fingerprint density at radius 1 is 0.972 bits per heavy atom. The van der Waals surface area contributed by atoms with Crippen LogP contribution in [0.25, 0.3) is 10.9 Å². The van der Waals surface area contributed by atoms with E-state index in [9.17, 15) is 22.8 Å². The van der Waals surface area contributed by atoms with Crippen LogP contribution in [-0.4, -0.2) is 28.9 Å². The van der Waals surface area contributed by atoms with E-state index >= 15 is 0 Å². The van der Waals surface area contributed by atoms with E-state index in [0.717, 1.165) is 18.9 Å². The van der Waals surface area contributed by atoms with E-state index in [4.69, 9.17) is 23.2 Å². The van der Waals surface area contributed by atoms with E-state index in [1.54, 1.807) is 36.4 Å². The number of para-hydroxylation sites is 1. The zero-order chi connectivity index (χ0) is 25.9. The number of alkyl halides is 3. The van der Waals surface area contributed by atoms with Gasteiger partial charge in [-0.1, -0.05) is 41.4 Å². The van der Waals surface area contributed by atoms with Gasteiger partial charge in [0.05, 0.1) is 16.2 Å². The fourth-order valence-electron chi connectivity index (χ4n) is 4.32. The molecule has 1 heterocycles. The summed E-state index contributed by atoms with van der Waals surface area (Å²) in [5, 5.41) is 9.94. The van der Waals surface area contributed by atoms with Gasteiger partial charge < -0.3 is 16.0 Å². The molecule has 190 valence electrons. The van der Waals surface area contributed by atoms with Crippen LogP contribution in [-0.2, 0) is 15.8 Å². The van der Waals surface area contributed by atoms with E-state index in [2.05, 4.69) is 20.9 Å². The largest absolute Gasteiger partial charge is 0.433 e. The standard InChI is InChI=1S/C25H23Cl2F3N4O2/c26-14-8-9-18(27)21(10-14)34-24(36)13-23(35)32-16-5-3-4-15(11-16)31-20-12-22(25(28,29)30)33-19-7-2-1-6-17(19)20/h1-2,6-10,12,15-16H,3-5,11,13H2,(H,31,33)(H,32,35)(H,34,36)/t15-,16+/m0/s1. The highest BCUT2D eigenvalue weighted by atomic mass is 35.5. The first-order valence-corrected chi connectivity index (χ1v) is 12.1. The fraction of sp³-hybridized carbons (Fsp3) is 0.320. The van der Waals surface area contributed by atoms with Crippen molar-refractivity contribution < 1.29 is 22.8 Å². The van der Waals surface area contributed by atoms with Gasteiger partial charge in [0, 0.05) is 28.2 Å². The summed E-state index contributed by atoms with van der Waals surface area (Å²) >= 11 is 12.0. The molecular weight excluding hydrogens is 516 g/mol. The maximum atomic E-state index is 13.4. The lowest BCUT2D eigenvalue weighted by Gasteiger charge is -2.31. The van der Waals surface area contributed by atoms with Crippen molar-refractivity contribution in [2.24, 2.45) is 0 Å². The number of pyridine rings is 1. The van der Waals surface area contributed by atoms with E-state index < -0.39 is 30.1 Å². The van der Waals surface area contributed by atoms with Crippen LogP contribution in [0.1, 0.15) is 37.8 Å². The van der Waals surface area contributed by atoms with Crippen LogP contribution in [0.2, 0.25) is 10.0 Å². The average molecular weight is 539 g/mol. The Labute approximate surface area is 215 Å². The molecule has 11 heteroatoms. The normalized spacial score (nSPS) is 18.0. The Kier molecular flexibility index (Phi) is 7.90. The number of carbonyl (C=O) groups is 2. The molecule has 0 unspecified atom stereocenters. The zero-order valence-corrected chi connectivity index (χ0v) is 20.5. The van der Waals surface area contributed by atoms with Gasteiger partial charge in [0.15, 0.2) is 0 Å². The Hall–Kier alpha value is -3.04. The third-order valence-electron chi connectivity index (χ3n) is 5.93. The van der Waals surface area contributed by atoms with Gasteiger partial charge in [-0.05, 0) is 56.0 Å². The molecule has 1 aliphatic carbocycles. The first-order valence-electron chi connectivity index (χ1n) is 11.4. The first kappa shape index (κ1) is 26.0. The molecule has 36 heavy (non-hydrogen) atoms. The molecule has 0 bridgehead atoms. The number of aromatic nitrogens is 1. The molecule has 0 saturated heterocycles. The second kappa shape index (κ2) is 10.9. The number of halogens is 5. The molecule has 1 fully saturated rings. The molecule has 0 radical (unpaired) electrons. The van der Waals surface area contributed by atoms with E-state index in [1.807, 2.05) is 0 Å². The van der Waals surface area contributed by atoms with Gasteiger partial charge in [-0.15, -0.1) is 0 Å². The van der Waals surface area contributed by atoms with Crippen LogP contribution in [0.15, 0.2) is 48.5 Å². The Morgan fingerprint density at radius 2 is 1.72 bits per heavy atom. The van der Waals surface area contributed by atoms with Gasteiger partial charge in [-0.25, -0.2) is 4.98 Å². The van der Waals surface area contributed by atoms with Crippen molar-refractivity contribution in [3.63, 3.8) is 0 Å². The predicted molar refractivity (Wildman–Crippen MR) is 134 cm³/mol. The third-order valence-corrected chi connectivity index (χ3v) is 6.49. The number of carbonyl (C=O) groups excluding carboxylic acids is 2. The van der Waals surface area contributed by atoms with E-state index in [0.29, 0.717) is 39.6 Å². The van der Waals surface area contributed by atoms with Crippen LogP contribution in [0, 0.1) is 0 Å². The molecule has 0 spiro atoms. The molecule has 3 aromatic rings. The molecule has 3 N–H and O–H groups in total. The van der Waals surface area contributed by atoms with Gasteiger partial charge in [0.1, 0.15) is 12.1 Å². The van der Waals surface area contributed by atoms with E-state index in [-0.39, 0.29) is 17.6 Å². The molecule has 0 aliphatic heterocycles. The summed E-state index contributed by atoms with van der Waals surface area (Å²) in [5.74, 6) is -0.991. The summed E-state index contributed by atoms with van der Waals surface area (Å²) < 4.78 is 40.1. The van der Waals surface area contributed by atoms with Gasteiger partial charge in [-0.3, -0.25) is 9.59 Å². The molecule has 2 atom stereocenters. The average Bonchev–Trinajstić information content (AvgIpc) is 2.81. The number of amides is 2. The Morgan fingerprint density at radius 3 is 2.50 bits per heavy atom. The lowest BCUT2D eigenvalue weighted by atomic mass is 9.90. The minimum absolute atomic E-state index is 0.157. The highest BCUT2D eigenvalue weighted by molar-refractivity contribution is 6.35. The second-order valence-corrected chi connectivity index (χ2v) is 9.54. The number of hydrogen-bond donors (Lipinski definition) is 3. The summed E-state index contributed by atoms with van der Waals surface area (Å²) in [5.41, 5.74) is -0.0501. The maximum Gasteiger partial charge on any atom is 0.433 e. The van der Waals surface area contributed by atoms with Gasteiger partial charge >= 0.3 is 6.18 Å². The summed E-state index contributed by atoms with van der Waals surface area (Å²) in [7, 11) is 0. The number of nitrogens with zero attached hydrogens (tertiary/aromatic N) is 1. The number of hydrogen-bond acceptors (Lipinski definition) is 4. The molecule has 2 aromatic carbocycles. The highest BCUT2D eigenvalue weighted by Gasteiger charge is 2.34. The Bertz CT molecular complexity index is 1290. The number of benzene rings is 2. The summed E-state index contributed by atoms with van der Waals surface area (Å²) in [6, 6.07) is 11.9. The molecule has 4 rings (SSSR count). The molecular formula is C25H23Cl2F3N4O2. The monoisotopic (exact) mass is 538 g/mol. The zero-order valence-electron chi connectivity index (χ0n) is 19.0. The van der Waals surface area contributed by atoms with Crippen molar-refractivity contribution in [1.29, 1.82) is 0 Å². The van der Waals surface area contributed by atoms with Crippen molar-refractivity contribution in [1.82, 2.24) is 10.3 Å². The van der Waals surface area contributed by atoms with Crippen LogP contribution in [0.4, 0.5) is 24.5 Å². The van der Waals surface area contributed by atoms with Crippen molar-refractivity contribution in [2.45, 2.75) is 50.4 Å². The molecule has 1 aliphatic rings. The fourth-order valence-corrected chi connectivity index (χ4v) is 4.66. The van der Waals surface area contributed by atoms with Crippen LogP contribution < -0.4 is 16.0 Å². The van der Waals surface area contributed by atoms with Crippen LogP contribution >= 0.6 is 23.2 Å². The van der Waals surface area contributed by atoms with Crippen molar-refractivity contribution in [2.75, 3.05) is 10.6 Å². The topological polar surface area (TPSA) is 83.1 Å². The Balaban J connectivity index is 1.38. The number of anilines is 2. The van der Waals surface area contributed by atoms with Crippen molar-refractivity contribution in [3.05, 3.63) is 64.3 Å². The van der Waals surface area contributed by atoms with Crippen LogP contribution in [0.3, 0.4) is 0 Å². The summed E-state index contributed by atoms with van der Waals surface area (Å²) in [6.45, 7) is 0. The number of rotatable bonds is 6. The van der Waals surface area contributed by atoms with Crippen molar-refractivity contribution >= 4 is 57.3 Å². The summed E-state index contributed by atoms with van der Waals surface area (Å²) in [6.07, 6.45) is -2.26. The third kappa shape index (κ3) is 6.59. The lowest BCUT2D eigenvalue weighted by Crippen LogP contribution is -2.42. The molecule has 6 nitrogen and oxygen atoms in total. The van der Waals surface area contributed by atoms with Crippen LogP contribution in [0.5, 0.6) is 0 Å². The highest BCUT2D eigenvalue weighted by Crippen LogP contribution is 2.34. The molecule has 1 aromatic heterocycles.